The van der Waals surface area contributed by atoms with Crippen molar-refractivity contribution < 1.29 is 9.90 Å². The number of nitrogens with zero attached hydrogens (tertiary/aromatic N) is 4. The fourth-order valence-corrected chi connectivity index (χ4v) is 1.74. The lowest BCUT2D eigenvalue weighted by atomic mass is 10.2. The van der Waals surface area contributed by atoms with Gasteiger partial charge in [0.25, 0.3) is 5.56 Å². The van der Waals surface area contributed by atoms with Crippen LogP contribution in [-0.4, -0.2) is 30.0 Å². The van der Waals surface area contributed by atoms with Gasteiger partial charge in [-0.15, -0.1) is 0 Å². The summed E-state index contributed by atoms with van der Waals surface area (Å²) in [7, 11) is 3.07. The van der Waals surface area contributed by atoms with Crippen molar-refractivity contribution in [1.29, 1.82) is 0 Å². The highest BCUT2D eigenvalue weighted by atomic mass is 16.4. The van der Waals surface area contributed by atoms with E-state index in [1.807, 2.05) is 0 Å². The van der Waals surface area contributed by atoms with E-state index in [2.05, 4.69) is 5.10 Å². The molecule has 2 rings (SSSR count). The van der Waals surface area contributed by atoms with Gasteiger partial charge in [-0.1, -0.05) is 0 Å². The van der Waals surface area contributed by atoms with Crippen molar-refractivity contribution in [3.63, 3.8) is 0 Å². The van der Waals surface area contributed by atoms with Gasteiger partial charge in [-0.3, -0.25) is 14.0 Å². The predicted molar refractivity (Wildman–Crippen MR) is 65.2 cm³/mol. The first-order valence-electron chi connectivity index (χ1n) is 5.42. The molecular formula is C11H12N4O4. The van der Waals surface area contributed by atoms with E-state index in [1.165, 1.54) is 34.8 Å². The zero-order valence-electron chi connectivity index (χ0n) is 10.4. The van der Waals surface area contributed by atoms with Crippen LogP contribution in [0.1, 0.15) is 16.1 Å². The topological polar surface area (TPSA) is 99.1 Å². The van der Waals surface area contributed by atoms with Crippen LogP contribution in [0.4, 0.5) is 0 Å². The molecule has 0 unspecified atom stereocenters. The summed E-state index contributed by atoms with van der Waals surface area (Å²) in [6.07, 6.45) is 2.55. The monoisotopic (exact) mass is 264 g/mol. The SMILES string of the molecule is Cn1ncc(C(=O)O)c1Cn1c(=O)ccn(C)c1=O. The summed E-state index contributed by atoms with van der Waals surface area (Å²) in [4.78, 5) is 34.6. The molecule has 2 aromatic heterocycles. The molecule has 0 amide bonds. The first-order chi connectivity index (χ1) is 8.91. The highest BCUT2D eigenvalue weighted by Gasteiger charge is 2.17. The Morgan fingerprint density at radius 3 is 2.68 bits per heavy atom. The van der Waals surface area contributed by atoms with Gasteiger partial charge >= 0.3 is 11.7 Å². The van der Waals surface area contributed by atoms with E-state index in [4.69, 9.17) is 5.11 Å². The van der Waals surface area contributed by atoms with Crippen LogP contribution in [0.15, 0.2) is 28.0 Å². The summed E-state index contributed by atoms with van der Waals surface area (Å²) in [5, 5.41) is 12.9. The maximum atomic E-state index is 11.9. The fraction of sp³-hybridized carbons (Fsp3) is 0.273. The molecule has 0 aliphatic carbocycles. The van der Waals surface area contributed by atoms with Crippen molar-refractivity contribution in [2.75, 3.05) is 0 Å². The zero-order valence-corrected chi connectivity index (χ0v) is 10.4. The lowest BCUT2D eigenvalue weighted by Crippen LogP contribution is -2.38. The quantitative estimate of drug-likeness (QED) is 0.768. The lowest BCUT2D eigenvalue weighted by Gasteiger charge is -2.07. The Balaban J connectivity index is 2.57. The number of hydrogen-bond acceptors (Lipinski definition) is 4. The van der Waals surface area contributed by atoms with Crippen molar-refractivity contribution in [2.45, 2.75) is 6.54 Å². The first-order valence-corrected chi connectivity index (χ1v) is 5.42. The third-order valence-electron chi connectivity index (χ3n) is 2.84. The van der Waals surface area contributed by atoms with Gasteiger partial charge in [0.05, 0.1) is 18.4 Å². The molecule has 2 aromatic rings. The van der Waals surface area contributed by atoms with Crippen LogP contribution in [0.5, 0.6) is 0 Å². The van der Waals surface area contributed by atoms with E-state index in [0.717, 1.165) is 4.57 Å². The van der Waals surface area contributed by atoms with Crippen LogP contribution in [0.2, 0.25) is 0 Å². The van der Waals surface area contributed by atoms with Crippen LogP contribution >= 0.6 is 0 Å². The maximum Gasteiger partial charge on any atom is 0.339 e. The number of aryl methyl sites for hydroxylation is 2. The molecule has 0 aromatic carbocycles. The summed E-state index contributed by atoms with van der Waals surface area (Å²) in [6, 6.07) is 1.25. The zero-order chi connectivity index (χ0) is 14.2. The van der Waals surface area contributed by atoms with Crippen LogP contribution in [0, 0.1) is 0 Å². The van der Waals surface area contributed by atoms with Gasteiger partial charge < -0.3 is 9.67 Å². The van der Waals surface area contributed by atoms with Crippen molar-refractivity contribution in [1.82, 2.24) is 18.9 Å². The molecule has 0 aliphatic heterocycles. The summed E-state index contributed by atoms with van der Waals surface area (Å²) in [5.74, 6) is -1.15. The Morgan fingerprint density at radius 1 is 1.37 bits per heavy atom. The Hall–Kier alpha value is -2.64. The van der Waals surface area contributed by atoms with Gasteiger partial charge in [0.2, 0.25) is 0 Å². The molecule has 0 bridgehead atoms. The highest BCUT2D eigenvalue weighted by Crippen LogP contribution is 2.07. The number of aromatic nitrogens is 4. The second-order valence-electron chi connectivity index (χ2n) is 4.07. The van der Waals surface area contributed by atoms with Crippen molar-refractivity contribution >= 4 is 5.97 Å². The summed E-state index contributed by atoms with van der Waals surface area (Å²) in [5.41, 5.74) is -0.733. The molecule has 19 heavy (non-hydrogen) atoms. The van der Waals surface area contributed by atoms with Crippen molar-refractivity contribution in [3.05, 3.63) is 50.6 Å². The van der Waals surface area contributed by atoms with Gasteiger partial charge in [0.15, 0.2) is 0 Å². The number of carboxylic acid groups (broad SMARTS) is 1. The van der Waals surface area contributed by atoms with E-state index < -0.39 is 17.2 Å². The Morgan fingerprint density at radius 2 is 2.05 bits per heavy atom. The summed E-state index contributed by atoms with van der Waals surface area (Å²) < 4.78 is 3.55. The van der Waals surface area contributed by atoms with E-state index in [9.17, 15) is 14.4 Å². The molecule has 0 spiro atoms. The standard InChI is InChI=1S/C11H12N4O4/c1-13-4-3-9(16)15(11(13)19)6-8-7(10(17)18)5-12-14(8)2/h3-5H,6H2,1-2H3,(H,17,18). The molecule has 8 heteroatoms. The van der Waals surface area contributed by atoms with E-state index >= 15 is 0 Å². The molecule has 0 saturated carbocycles. The van der Waals surface area contributed by atoms with Crippen molar-refractivity contribution in [2.24, 2.45) is 14.1 Å². The Kier molecular flexibility index (Phi) is 3.07. The molecule has 0 fully saturated rings. The minimum Gasteiger partial charge on any atom is -0.478 e. The largest absolute Gasteiger partial charge is 0.478 e. The molecule has 0 saturated heterocycles. The van der Waals surface area contributed by atoms with Crippen molar-refractivity contribution in [3.8, 4) is 0 Å². The van der Waals surface area contributed by atoms with E-state index in [-0.39, 0.29) is 17.8 Å². The lowest BCUT2D eigenvalue weighted by molar-refractivity contribution is 0.0695. The summed E-state index contributed by atoms with van der Waals surface area (Å²) in [6.45, 7) is -0.134. The molecular weight excluding hydrogens is 252 g/mol. The average molecular weight is 264 g/mol. The maximum absolute atomic E-state index is 11.9. The predicted octanol–water partition coefficient (Wildman–Crippen LogP) is -0.973. The van der Waals surface area contributed by atoms with Crippen LogP contribution < -0.4 is 11.2 Å². The minimum atomic E-state index is -1.15. The number of rotatable bonds is 3. The number of aromatic carboxylic acids is 1. The highest BCUT2D eigenvalue weighted by molar-refractivity contribution is 5.88. The number of carboxylic acids is 1. The van der Waals surface area contributed by atoms with E-state index in [1.54, 1.807) is 7.05 Å². The van der Waals surface area contributed by atoms with Gasteiger partial charge in [-0.2, -0.15) is 5.10 Å². The third-order valence-corrected chi connectivity index (χ3v) is 2.84. The van der Waals surface area contributed by atoms with Gasteiger partial charge in [-0.25, -0.2) is 9.59 Å². The van der Waals surface area contributed by atoms with Crippen LogP contribution in [0.3, 0.4) is 0 Å². The minimum absolute atomic E-state index is 0.0275. The second kappa shape index (κ2) is 4.56. The molecule has 8 nitrogen and oxygen atoms in total. The van der Waals surface area contributed by atoms with Crippen LogP contribution in [-0.2, 0) is 20.6 Å². The average Bonchev–Trinajstić information content (AvgIpc) is 2.71. The van der Waals surface area contributed by atoms with Gasteiger partial charge in [-0.05, 0) is 0 Å². The third kappa shape index (κ3) is 2.19. The normalized spacial score (nSPS) is 10.6. The fourth-order valence-electron chi connectivity index (χ4n) is 1.74. The second-order valence-corrected chi connectivity index (χ2v) is 4.07. The molecule has 1 N–H and O–H groups in total. The summed E-state index contributed by atoms with van der Waals surface area (Å²) >= 11 is 0. The Labute approximate surface area is 107 Å². The first kappa shape index (κ1) is 12.8. The van der Waals surface area contributed by atoms with Gasteiger partial charge in [0.1, 0.15) is 5.56 Å². The van der Waals surface area contributed by atoms with E-state index in [0.29, 0.717) is 0 Å². The molecule has 2 heterocycles. The smallest absolute Gasteiger partial charge is 0.339 e. The molecule has 0 radical (unpaired) electrons. The number of carbonyl (C=O) groups is 1. The van der Waals surface area contributed by atoms with Crippen LogP contribution in [0.25, 0.3) is 0 Å². The molecule has 100 valence electrons. The molecule has 0 aliphatic rings. The molecule has 0 atom stereocenters. The van der Waals surface area contributed by atoms with Gasteiger partial charge in [0, 0.05) is 26.4 Å². The number of hydrogen-bond donors (Lipinski definition) is 1. The Bertz CT molecular complexity index is 753.